The molecule has 24 heavy (non-hydrogen) atoms. The van der Waals surface area contributed by atoms with Gasteiger partial charge >= 0.3 is 0 Å². The van der Waals surface area contributed by atoms with Gasteiger partial charge in [-0.15, -0.1) is 0 Å². The van der Waals surface area contributed by atoms with E-state index < -0.39 is 20.5 Å². The third-order valence-corrected chi connectivity index (χ3v) is 7.65. The highest BCUT2D eigenvalue weighted by molar-refractivity contribution is 7.92. The van der Waals surface area contributed by atoms with Gasteiger partial charge < -0.3 is 11.5 Å². The van der Waals surface area contributed by atoms with Crippen LogP contribution in [0, 0.1) is 5.41 Å². The molecule has 4 nitrogen and oxygen atoms in total. The standard InChI is InChI=1S/C17H18Cl2N2O2S/c18-12-4-6-14(7-5-12)24(22,23)16-15(17(16,9-20)10-21)11-2-1-3-13(19)8-11/h1-8,15-16H,9-10,20-21H2. The maximum atomic E-state index is 13.1. The highest BCUT2D eigenvalue weighted by Gasteiger charge is 2.69. The van der Waals surface area contributed by atoms with E-state index in [1.165, 1.54) is 12.1 Å². The lowest BCUT2D eigenvalue weighted by Gasteiger charge is -2.13. The Morgan fingerprint density at radius 2 is 1.58 bits per heavy atom. The van der Waals surface area contributed by atoms with Gasteiger partial charge in [0.15, 0.2) is 9.84 Å². The number of rotatable bonds is 5. The molecule has 2 unspecified atom stereocenters. The second-order valence-corrected chi connectivity index (χ2v) is 9.04. The molecule has 1 aliphatic rings. The summed E-state index contributed by atoms with van der Waals surface area (Å²) in [6.07, 6.45) is 0. The summed E-state index contributed by atoms with van der Waals surface area (Å²) < 4.78 is 26.2. The summed E-state index contributed by atoms with van der Waals surface area (Å²) in [5.74, 6) is -0.271. The Morgan fingerprint density at radius 3 is 2.12 bits per heavy atom. The molecule has 0 spiro atoms. The number of benzene rings is 2. The summed E-state index contributed by atoms with van der Waals surface area (Å²) in [4.78, 5) is 0.229. The molecule has 0 radical (unpaired) electrons. The van der Waals surface area contributed by atoms with Gasteiger partial charge in [-0.1, -0.05) is 35.3 Å². The molecule has 2 aromatic rings. The number of hydrogen-bond donors (Lipinski definition) is 2. The Kier molecular flexibility index (Phi) is 4.66. The molecule has 0 bridgehead atoms. The van der Waals surface area contributed by atoms with E-state index in [4.69, 9.17) is 34.7 Å². The van der Waals surface area contributed by atoms with E-state index in [2.05, 4.69) is 0 Å². The van der Waals surface area contributed by atoms with Crippen molar-refractivity contribution in [3.63, 3.8) is 0 Å². The fourth-order valence-electron chi connectivity index (χ4n) is 3.49. The van der Waals surface area contributed by atoms with Crippen molar-refractivity contribution in [2.45, 2.75) is 16.1 Å². The molecule has 128 valence electrons. The predicted molar refractivity (Wildman–Crippen MR) is 97.2 cm³/mol. The van der Waals surface area contributed by atoms with Crippen LogP contribution in [0.25, 0.3) is 0 Å². The minimum Gasteiger partial charge on any atom is -0.330 e. The van der Waals surface area contributed by atoms with Crippen molar-refractivity contribution < 1.29 is 8.42 Å². The van der Waals surface area contributed by atoms with Gasteiger partial charge in [-0.3, -0.25) is 0 Å². The van der Waals surface area contributed by atoms with Crippen molar-refractivity contribution in [3.8, 4) is 0 Å². The molecule has 2 aromatic carbocycles. The SMILES string of the molecule is NCC1(CN)C(c2cccc(Cl)c2)C1S(=O)(=O)c1ccc(Cl)cc1. The van der Waals surface area contributed by atoms with Crippen LogP contribution in [-0.2, 0) is 9.84 Å². The highest BCUT2D eigenvalue weighted by Crippen LogP contribution is 2.63. The van der Waals surface area contributed by atoms with E-state index in [9.17, 15) is 8.42 Å². The van der Waals surface area contributed by atoms with Gasteiger partial charge in [0.25, 0.3) is 0 Å². The van der Waals surface area contributed by atoms with Crippen molar-refractivity contribution in [1.29, 1.82) is 0 Å². The Hall–Kier alpha value is -1.11. The van der Waals surface area contributed by atoms with Crippen molar-refractivity contribution in [2.24, 2.45) is 16.9 Å². The van der Waals surface area contributed by atoms with E-state index in [1.54, 1.807) is 30.3 Å². The fourth-order valence-corrected chi connectivity index (χ4v) is 6.29. The monoisotopic (exact) mass is 384 g/mol. The molecule has 0 amide bonds. The van der Waals surface area contributed by atoms with Gasteiger partial charge in [0.2, 0.25) is 0 Å². The molecule has 3 rings (SSSR count). The van der Waals surface area contributed by atoms with Gasteiger partial charge in [-0.25, -0.2) is 8.42 Å². The molecule has 1 saturated carbocycles. The minimum atomic E-state index is -3.59. The molecule has 2 atom stereocenters. The summed E-state index contributed by atoms with van der Waals surface area (Å²) in [6, 6.07) is 13.4. The van der Waals surface area contributed by atoms with Crippen molar-refractivity contribution in [1.82, 2.24) is 0 Å². The lowest BCUT2D eigenvalue weighted by Crippen LogP contribution is -2.31. The first-order valence-corrected chi connectivity index (χ1v) is 9.82. The Bertz CT molecular complexity index is 849. The second-order valence-electron chi connectivity index (χ2n) is 6.09. The lowest BCUT2D eigenvalue weighted by molar-refractivity contribution is 0.510. The smallest absolute Gasteiger partial charge is 0.182 e. The minimum absolute atomic E-state index is 0.193. The first kappa shape index (κ1) is 17.7. The van der Waals surface area contributed by atoms with Crippen LogP contribution in [-0.4, -0.2) is 26.8 Å². The van der Waals surface area contributed by atoms with Crippen LogP contribution < -0.4 is 11.5 Å². The largest absolute Gasteiger partial charge is 0.330 e. The Morgan fingerprint density at radius 1 is 0.958 bits per heavy atom. The van der Waals surface area contributed by atoms with Gasteiger partial charge in [0, 0.05) is 34.5 Å². The normalized spacial score (nSPS) is 22.3. The molecule has 1 aliphatic carbocycles. The molecule has 0 heterocycles. The Balaban J connectivity index is 2.06. The molecular weight excluding hydrogens is 367 g/mol. The summed E-state index contributed by atoms with van der Waals surface area (Å²) in [5.41, 5.74) is 12.0. The molecular formula is C17H18Cl2N2O2S. The first-order chi connectivity index (χ1) is 11.4. The highest BCUT2D eigenvalue weighted by atomic mass is 35.5. The first-order valence-electron chi connectivity index (χ1n) is 7.52. The van der Waals surface area contributed by atoms with Crippen LogP contribution >= 0.6 is 23.2 Å². The summed E-state index contributed by atoms with van der Waals surface area (Å²) in [6.45, 7) is 0.385. The molecule has 0 aliphatic heterocycles. The number of sulfone groups is 1. The summed E-state index contributed by atoms with van der Waals surface area (Å²) in [5, 5.41) is 0.379. The second kappa shape index (κ2) is 6.32. The molecule has 4 N–H and O–H groups in total. The maximum absolute atomic E-state index is 13.1. The van der Waals surface area contributed by atoms with Crippen LogP contribution in [0.15, 0.2) is 53.4 Å². The average Bonchev–Trinajstić information content (AvgIpc) is 3.26. The Labute approximate surface area is 151 Å². The van der Waals surface area contributed by atoms with E-state index in [1.807, 2.05) is 6.07 Å². The molecule has 0 aromatic heterocycles. The summed E-state index contributed by atoms with van der Waals surface area (Å²) in [7, 11) is -3.59. The van der Waals surface area contributed by atoms with Crippen LogP contribution in [0.3, 0.4) is 0 Å². The number of hydrogen-bond acceptors (Lipinski definition) is 4. The van der Waals surface area contributed by atoms with Crippen LogP contribution in [0.4, 0.5) is 0 Å². The zero-order chi connectivity index (χ0) is 17.5. The predicted octanol–water partition coefficient (Wildman–Crippen LogP) is 2.84. The van der Waals surface area contributed by atoms with E-state index in [0.29, 0.717) is 10.0 Å². The third kappa shape index (κ3) is 2.74. The molecule has 7 heteroatoms. The third-order valence-electron chi connectivity index (χ3n) is 4.82. The zero-order valence-electron chi connectivity index (χ0n) is 12.8. The van der Waals surface area contributed by atoms with Crippen LogP contribution in [0.2, 0.25) is 10.0 Å². The zero-order valence-corrected chi connectivity index (χ0v) is 15.2. The van der Waals surface area contributed by atoms with Gasteiger partial charge in [-0.05, 0) is 42.0 Å². The maximum Gasteiger partial charge on any atom is 0.182 e. The van der Waals surface area contributed by atoms with Gasteiger partial charge in [-0.2, -0.15) is 0 Å². The lowest BCUT2D eigenvalue weighted by atomic mass is 9.99. The van der Waals surface area contributed by atoms with Crippen molar-refractivity contribution >= 4 is 33.0 Å². The van der Waals surface area contributed by atoms with E-state index >= 15 is 0 Å². The average molecular weight is 385 g/mol. The number of halogens is 2. The molecule has 1 fully saturated rings. The quantitative estimate of drug-likeness (QED) is 0.829. The topological polar surface area (TPSA) is 86.2 Å². The van der Waals surface area contributed by atoms with Gasteiger partial charge in [0.05, 0.1) is 10.1 Å². The van der Waals surface area contributed by atoms with Crippen molar-refractivity contribution in [3.05, 3.63) is 64.1 Å². The molecule has 0 saturated heterocycles. The van der Waals surface area contributed by atoms with E-state index in [0.717, 1.165) is 5.56 Å². The van der Waals surface area contributed by atoms with Gasteiger partial charge in [0.1, 0.15) is 0 Å². The summed E-state index contributed by atoms with van der Waals surface area (Å²) >= 11 is 11.9. The van der Waals surface area contributed by atoms with Crippen LogP contribution in [0.5, 0.6) is 0 Å². The van der Waals surface area contributed by atoms with E-state index in [-0.39, 0.29) is 23.9 Å². The fraction of sp³-hybridized carbons (Fsp3) is 0.294. The van der Waals surface area contributed by atoms with Crippen molar-refractivity contribution in [2.75, 3.05) is 13.1 Å². The number of nitrogens with two attached hydrogens (primary N) is 2. The van der Waals surface area contributed by atoms with Crippen LogP contribution in [0.1, 0.15) is 11.5 Å².